The molecule has 4 nitrogen and oxygen atoms in total. The van der Waals surface area contributed by atoms with E-state index in [0.29, 0.717) is 25.3 Å². The summed E-state index contributed by atoms with van der Waals surface area (Å²) >= 11 is 0. The standard InChI is InChI=1S/C15H28N2O2/c1-7-14(5)13(19)17(10-9-11(3)4)15(6,8-2)12(18)16-14/h11H,7-10H2,1-6H3,(H,16,18). The van der Waals surface area contributed by atoms with Gasteiger partial charge in [0.05, 0.1) is 0 Å². The summed E-state index contributed by atoms with van der Waals surface area (Å²) in [6, 6.07) is 0. The van der Waals surface area contributed by atoms with Crippen LogP contribution in [0.1, 0.15) is 60.8 Å². The lowest BCUT2D eigenvalue weighted by atomic mass is 9.84. The summed E-state index contributed by atoms with van der Waals surface area (Å²) in [4.78, 5) is 26.9. The van der Waals surface area contributed by atoms with Crippen molar-refractivity contribution in [3.05, 3.63) is 0 Å². The summed E-state index contributed by atoms with van der Waals surface area (Å²) in [6.07, 6.45) is 2.19. The minimum atomic E-state index is -0.747. The number of nitrogens with zero attached hydrogens (tertiary/aromatic N) is 1. The highest BCUT2D eigenvalue weighted by Gasteiger charge is 2.52. The Morgan fingerprint density at radius 2 is 1.74 bits per heavy atom. The summed E-state index contributed by atoms with van der Waals surface area (Å²) < 4.78 is 0. The van der Waals surface area contributed by atoms with Crippen molar-refractivity contribution in [2.75, 3.05) is 6.54 Å². The first-order valence-electron chi connectivity index (χ1n) is 7.36. The van der Waals surface area contributed by atoms with Gasteiger partial charge in [0.2, 0.25) is 11.8 Å². The second-order valence-electron chi connectivity index (χ2n) is 6.41. The first-order chi connectivity index (χ1) is 8.71. The van der Waals surface area contributed by atoms with Crippen molar-refractivity contribution in [1.29, 1.82) is 0 Å². The van der Waals surface area contributed by atoms with E-state index in [1.54, 1.807) is 4.90 Å². The fraction of sp³-hybridized carbons (Fsp3) is 0.867. The highest BCUT2D eigenvalue weighted by molar-refractivity contribution is 6.01. The van der Waals surface area contributed by atoms with Crippen LogP contribution in [0.3, 0.4) is 0 Å². The van der Waals surface area contributed by atoms with Crippen molar-refractivity contribution >= 4 is 11.8 Å². The van der Waals surface area contributed by atoms with Gasteiger partial charge >= 0.3 is 0 Å². The lowest BCUT2D eigenvalue weighted by Gasteiger charge is -2.50. The molecule has 0 bridgehead atoms. The molecule has 0 spiro atoms. The van der Waals surface area contributed by atoms with Crippen molar-refractivity contribution in [3.8, 4) is 0 Å². The molecule has 4 heteroatoms. The number of nitrogens with one attached hydrogen (secondary N) is 1. The molecule has 0 aliphatic carbocycles. The molecular weight excluding hydrogens is 240 g/mol. The molecule has 2 atom stereocenters. The van der Waals surface area contributed by atoms with Gasteiger partial charge in [0.1, 0.15) is 11.1 Å². The lowest BCUT2D eigenvalue weighted by molar-refractivity contribution is -0.162. The van der Waals surface area contributed by atoms with E-state index in [2.05, 4.69) is 19.2 Å². The van der Waals surface area contributed by atoms with Crippen LogP contribution in [0.25, 0.3) is 0 Å². The zero-order valence-electron chi connectivity index (χ0n) is 13.2. The van der Waals surface area contributed by atoms with E-state index in [1.165, 1.54) is 0 Å². The van der Waals surface area contributed by atoms with E-state index in [0.717, 1.165) is 6.42 Å². The molecule has 19 heavy (non-hydrogen) atoms. The highest BCUT2D eigenvalue weighted by atomic mass is 16.2. The van der Waals surface area contributed by atoms with Gasteiger partial charge < -0.3 is 10.2 Å². The van der Waals surface area contributed by atoms with Gasteiger partial charge in [-0.3, -0.25) is 9.59 Å². The van der Waals surface area contributed by atoms with Crippen molar-refractivity contribution in [2.45, 2.75) is 71.9 Å². The molecule has 0 aromatic heterocycles. The van der Waals surface area contributed by atoms with Crippen LogP contribution in [0.4, 0.5) is 0 Å². The Labute approximate surface area is 116 Å². The van der Waals surface area contributed by atoms with Gasteiger partial charge in [-0.15, -0.1) is 0 Å². The Kier molecular flexibility index (Phi) is 4.64. The highest BCUT2D eigenvalue weighted by Crippen LogP contribution is 2.31. The molecule has 1 N–H and O–H groups in total. The molecule has 1 aliphatic rings. The molecule has 0 radical (unpaired) electrons. The van der Waals surface area contributed by atoms with Gasteiger partial charge in [-0.2, -0.15) is 0 Å². The largest absolute Gasteiger partial charge is 0.340 e. The molecule has 1 heterocycles. The number of hydrogen-bond acceptors (Lipinski definition) is 2. The van der Waals surface area contributed by atoms with Gasteiger partial charge in [0.15, 0.2) is 0 Å². The summed E-state index contributed by atoms with van der Waals surface area (Å²) in [5.41, 5.74) is -1.45. The number of hydrogen-bond donors (Lipinski definition) is 1. The van der Waals surface area contributed by atoms with Crippen LogP contribution in [0, 0.1) is 5.92 Å². The summed E-state index contributed by atoms with van der Waals surface area (Å²) in [7, 11) is 0. The van der Waals surface area contributed by atoms with Gasteiger partial charge in [0.25, 0.3) is 0 Å². The third-order valence-corrected chi connectivity index (χ3v) is 4.52. The Balaban J connectivity index is 3.08. The molecule has 1 rings (SSSR count). The van der Waals surface area contributed by atoms with Crippen molar-refractivity contribution in [3.63, 3.8) is 0 Å². The van der Waals surface area contributed by atoms with E-state index in [9.17, 15) is 9.59 Å². The Hall–Kier alpha value is -1.06. The SMILES string of the molecule is CCC1(C)NC(=O)C(C)(CC)N(CCC(C)C)C1=O. The summed E-state index contributed by atoms with van der Waals surface area (Å²) in [6.45, 7) is 12.5. The predicted octanol–water partition coefficient (Wildman–Crippen LogP) is 2.33. The Bertz CT molecular complexity index is 367. The first-order valence-corrected chi connectivity index (χ1v) is 7.36. The molecular formula is C15H28N2O2. The number of carbonyl (C=O) groups is 2. The fourth-order valence-corrected chi connectivity index (χ4v) is 2.41. The van der Waals surface area contributed by atoms with Crippen LogP contribution in [0.15, 0.2) is 0 Å². The smallest absolute Gasteiger partial charge is 0.248 e. The van der Waals surface area contributed by atoms with Gasteiger partial charge in [-0.25, -0.2) is 0 Å². The fourth-order valence-electron chi connectivity index (χ4n) is 2.41. The third-order valence-electron chi connectivity index (χ3n) is 4.52. The van der Waals surface area contributed by atoms with Crippen LogP contribution >= 0.6 is 0 Å². The number of amides is 2. The lowest BCUT2D eigenvalue weighted by Crippen LogP contribution is -2.73. The Morgan fingerprint density at radius 1 is 1.16 bits per heavy atom. The molecule has 2 unspecified atom stereocenters. The van der Waals surface area contributed by atoms with Crippen molar-refractivity contribution in [1.82, 2.24) is 10.2 Å². The summed E-state index contributed by atoms with van der Waals surface area (Å²) in [5.74, 6) is 0.550. The third kappa shape index (κ3) is 2.77. The number of piperazine rings is 1. The topological polar surface area (TPSA) is 49.4 Å². The molecule has 0 aromatic carbocycles. The van der Waals surface area contributed by atoms with Gasteiger partial charge in [0, 0.05) is 6.54 Å². The van der Waals surface area contributed by atoms with Crippen molar-refractivity contribution in [2.24, 2.45) is 5.92 Å². The van der Waals surface area contributed by atoms with E-state index in [-0.39, 0.29) is 11.8 Å². The second-order valence-corrected chi connectivity index (χ2v) is 6.41. The zero-order chi connectivity index (χ0) is 14.8. The number of carbonyl (C=O) groups excluding carboxylic acids is 2. The maximum atomic E-state index is 12.7. The zero-order valence-corrected chi connectivity index (χ0v) is 13.2. The van der Waals surface area contributed by atoms with Crippen LogP contribution < -0.4 is 5.32 Å². The minimum absolute atomic E-state index is 0.0253. The average Bonchev–Trinajstić information content (AvgIpc) is 2.36. The second kappa shape index (κ2) is 5.51. The summed E-state index contributed by atoms with van der Waals surface area (Å²) in [5, 5.41) is 2.92. The van der Waals surface area contributed by atoms with Gasteiger partial charge in [-0.1, -0.05) is 27.7 Å². The van der Waals surface area contributed by atoms with Crippen LogP contribution in [0.2, 0.25) is 0 Å². The average molecular weight is 268 g/mol. The van der Waals surface area contributed by atoms with Crippen LogP contribution in [-0.2, 0) is 9.59 Å². The van der Waals surface area contributed by atoms with Gasteiger partial charge in [-0.05, 0) is 39.0 Å². The maximum absolute atomic E-state index is 12.7. The van der Waals surface area contributed by atoms with Crippen molar-refractivity contribution < 1.29 is 9.59 Å². The molecule has 110 valence electrons. The van der Waals surface area contributed by atoms with E-state index < -0.39 is 11.1 Å². The quantitative estimate of drug-likeness (QED) is 0.832. The Morgan fingerprint density at radius 3 is 2.16 bits per heavy atom. The normalized spacial score (nSPS) is 31.8. The minimum Gasteiger partial charge on any atom is -0.340 e. The van der Waals surface area contributed by atoms with E-state index in [1.807, 2.05) is 27.7 Å². The molecule has 1 fully saturated rings. The van der Waals surface area contributed by atoms with Crippen LogP contribution in [0.5, 0.6) is 0 Å². The first kappa shape index (κ1) is 16.0. The molecule has 1 aliphatic heterocycles. The predicted molar refractivity (Wildman–Crippen MR) is 76.7 cm³/mol. The monoisotopic (exact) mass is 268 g/mol. The number of rotatable bonds is 5. The van der Waals surface area contributed by atoms with E-state index in [4.69, 9.17) is 0 Å². The molecule has 0 saturated carbocycles. The molecule has 0 aromatic rings. The molecule has 2 amide bonds. The molecule has 1 saturated heterocycles. The maximum Gasteiger partial charge on any atom is 0.248 e. The van der Waals surface area contributed by atoms with E-state index >= 15 is 0 Å². The van der Waals surface area contributed by atoms with Crippen LogP contribution in [-0.4, -0.2) is 34.3 Å².